The van der Waals surface area contributed by atoms with E-state index >= 15 is 0 Å². The fourth-order valence-corrected chi connectivity index (χ4v) is 1.30. The molecule has 0 aromatic carbocycles. The summed E-state index contributed by atoms with van der Waals surface area (Å²) in [6, 6.07) is 1.70. The van der Waals surface area contributed by atoms with Gasteiger partial charge in [-0.15, -0.1) is 0 Å². The van der Waals surface area contributed by atoms with Crippen molar-refractivity contribution in [1.29, 1.82) is 0 Å². The van der Waals surface area contributed by atoms with Crippen LogP contribution in [0.25, 0.3) is 0 Å². The summed E-state index contributed by atoms with van der Waals surface area (Å²) in [4.78, 5) is 8.16. The fraction of sp³-hybridized carbons (Fsp3) is 0.600. The van der Waals surface area contributed by atoms with Crippen molar-refractivity contribution in [3.05, 3.63) is 11.9 Å². The maximum Gasteiger partial charge on any atom is 0.131 e. The van der Waals surface area contributed by atoms with E-state index in [1.54, 1.807) is 19.9 Å². The van der Waals surface area contributed by atoms with Gasteiger partial charge >= 0.3 is 0 Å². The highest BCUT2D eigenvalue weighted by Crippen LogP contribution is 2.08. The van der Waals surface area contributed by atoms with Crippen molar-refractivity contribution >= 4 is 11.6 Å². The smallest absolute Gasteiger partial charge is 0.131 e. The van der Waals surface area contributed by atoms with Crippen LogP contribution in [0.3, 0.4) is 0 Å². The highest BCUT2D eigenvalue weighted by atomic mass is 16.3. The van der Waals surface area contributed by atoms with Crippen LogP contribution in [-0.2, 0) is 0 Å². The molecule has 0 aliphatic heterocycles. The van der Waals surface area contributed by atoms with E-state index in [9.17, 15) is 0 Å². The SMILES string of the molecule is Cc1nc(N)cc(NCCCC(C)O)n1. The normalized spacial score (nSPS) is 12.5. The number of rotatable bonds is 5. The van der Waals surface area contributed by atoms with E-state index in [0.29, 0.717) is 11.6 Å². The lowest BCUT2D eigenvalue weighted by atomic mass is 10.2. The number of hydrogen-bond donors (Lipinski definition) is 3. The molecule has 0 spiro atoms. The molecule has 84 valence electrons. The molecule has 4 N–H and O–H groups in total. The van der Waals surface area contributed by atoms with E-state index in [2.05, 4.69) is 15.3 Å². The van der Waals surface area contributed by atoms with Gasteiger partial charge in [0.1, 0.15) is 17.5 Å². The molecule has 0 saturated carbocycles. The zero-order valence-electron chi connectivity index (χ0n) is 9.20. The van der Waals surface area contributed by atoms with Gasteiger partial charge in [-0.3, -0.25) is 0 Å². The van der Waals surface area contributed by atoms with Crippen molar-refractivity contribution in [2.75, 3.05) is 17.6 Å². The van der Waals surface area contributed by atoms with Gasteiger partial charge in [-0.05, 0) is 26.7 Å². The van der Waals surface area contributed by atoms with Gasteiger partial charge in [0, 0.05) is 12.6 Å². The summed E-state index contributed by atoms with van der Waals surface area (Å²) >= 11 is 0. The number of nitrogens with one attached hydrogen (secondary N) is 1. The Labute approximate surface area is 89.7 Å². The number of aliphatic hydroxyl groups is 1. The first kappa shape index (κ1) is 11.7. The molecule has 5 nitrogen and oxygen atoms in total. The van der Waals surface area contributed by atoms with Crippen LogP contribution in [0.4, 0.5) is 11.6 Å². The van der Waals surface area contributed by atoms with Crippen LogP contribution < -0.4 is 11.1 Å². The second kappa shape index (κ2) is 5.50. The number of hydrogen-bond acceptors (Lipinski definition) is 5. The molecular weight excluding hydrogens is 192 g/mol. The maximum atomic E-state index is 9.06. The van der Waals surface area contributed by atoms with Gasteiger partial charge in [0.15, 0.2) is 0 Å². The van der Waals surface area contributed by atoms with Crippen LogP contribution in [0.2, 0.25) is 0 Å². The van der Waals surface area contributed by atoms with Crippen molar-refractivity contribution in [3.63, 3.8) is 0 Å². The van der Waals surface area contributed by atoms with Gasteiger partial charge in [0.05, 0.1) is 6.10 Å². The highest BCUT2D eigenvalue weighted by Gasteiger charge is 1.99. The molecular formula is C10H18N4O. The minimum absolute atomic E-state index is 0.246. The summed E-state index contributed by atoms with van der Waals surface area (Å²) in [6.07, 6.45) is 1.44. The summed E-state index contributed by atoms with van der Waals surface area (Å²) in [5, 5.41) is 12.2. The first-order valence-electron chi connectivity index (χ1n) is 5.11. The first-order chi connectivity index (χ1) is 7.08. The van der Waals surface area contributed by atoms with E-state index in [0.717, 1.165) is 25.2 Å². The van der Waals surface area contributed by atoms with Gasteiger partial charge in [-0.25, -0.2) is 9.97 Å². The lowest BCUT2D eigenvalue weighted by molar-refractivity contribution is 0.183. The number of aryl methyl sites for hydroxylation is 1. The summed E-state index contributed by atoms with van der Waals surface area (Å²) in [7, 11) is 0. The zero-order valence-corrected chi connectivity index (χ0v) is 9.20. The van der Waals surface area contributed by atoms with Crippen LogP contribution in [0.5, 0.6) is 0 Å². The third-order valence-electron chi connectivity index (χ3n) is 1.96. The minimum Gasteiger partial charge on any atom is -0.393 e. The molecule has 15 heavy (non-hydrogen) atoms. The third-order valence-corrected chi connectivity index (χ3v) is 1.96. The largest absolute Gasteiger partial charge is 0.393 e. The summed E-state index contributed by atoms with van der Waals surface area (Å²) in [5.41, 5.74) is 5.58. The number of aliphatic hydroxyl groups excluding tert-OH is 1. The Bertz CT molecular complexity index is 294. The number of nitrogens with zero attached hydrogens (tertiary/aromatic N) is 2. The average molecular weight is 210 g/mol. The van der Waals surface area contributed by atoms with Crippen molar-refractivity contribution in [2.24, 2.45) is 0 Å². The van der Waals surface area contributed by atoms with Crippen LogP contribution in [-0.4, -0.2) is 27.7 Å². The highest BCUT2D eigenvalue weighted by molar-refractivity contribution is 5.44. The van der Waals surface area contributed by atoms with Gasteiger partial charge in [0.25, 0.3) is 0 Å². The Kier molecular flexibility index (Phi) is 4.30. The van der Waals surface area contributed by atoms with E-state index in [4.69, 9.17) is 10.8 Å². The molecule has 1 unspecified atom stereocenters. The lowest BCUT2D eigenvalue weighted by Crippen LogP contribution is -2.08. The van der Waals surface area contributed by atoms with Gasteiger partial charge in [0.2, 0.25) is 0 Å². The third kappa shape index (κ3) is 4.60. The predicted molar refractivity (Wildman–Crippen MR) is 60.6 cm³/mol. The second-order valence-electron chi connectivity index (χ2n) is 3.64. The predicted octanol–water partition coefficient (Wildman–Crippen LogP) is 0.940. The molecule has 5 heteroatoms. The molecule has 0 aliphatic rings. The number of aromatic nitrogens is 2. The lowest BCUT2D eigenvalue weighted by Gasteiger charge is -2.07. The van der Waals surface area contributed by atoms with Crippen molar-refractivity contribution in [1.82, 2.24) is 9.97 Å². The Hall–Kier alpha value is -1.36. The molecule has 1 heterocycles. The monoisotopic (exact) mass is 210 g/mol. The molecule has 0 radical (unpaired) electrons. The Morgan fingerprint density at radius 1 is 1.53 bits per heavy atom. The molecule has 1 aromatic heterocycles. The first-order valence-corrected chi connectivity index (χ1v) is 5.11. The maximum absolute atomic E-state index is 9.06. The van der Waals surface area contributed by atoms with Gasteiger partial charge in [-0.1, -0.05) is 0 Å². The molecule has 0 amide bonds. The van der Waals surface area contributed by atoms with Gasteiger partial charge in [-0.2, -0.15) is 0 Å². The standard InChI is InChI=1S/C10H18N4O/c1-7(15)4-3-5-12-10-6-9(11)13-8(2)14-10/h6-7,15H,3-5H2,1-2H3,(H3,11,12,13,14). The Morgan fingerprint density at radius 2 is 2.27 bits per heavy atom. The zero-order chi connectivity index (χ0) is 11.3. The van der Waals surface area contributed by atoms with E-state index < -0.39 is 0 Å². The fourth-order valence-electron chi connectivity index (χ4n) is 1.30. The molecule has 1 rings (SSSR count). The number of nitrogen functional groups attached to an aromatic ring is 1. The molecule has 0 aliphatic carbocycles. The molecule has 1 atom stereocenters. The van der Waals surface area contributed by atoms with Crippen LogP contribution in [0, 0.1) is 6.92 Å². The van der Waals surface area contributed by atoms with Gasteiger partial charge < -0.3 is 16.2 Å². The van der Waals surface area contributed by atoms with E-state index in [1.807, 2.05) is 0 Å². The number of nitrogens with two attached hydrogens (primary N) is 1. The minimum atomic E-state index is -0.246. The van der Waals surface area contributed by atoms with Crippen molar-refractivity contribution in [2.45, 2.75) is 32.8 Å². The van der Waals surface area contributed by atoms with E-state index in [-0.39, 0.29) is 6.10 Å². The summed E-state index contributed by atoms with van der Waals surface area (Å²) < 4.78 is 0. The molecule has 0 saturated heterocycles. The summed E-state index contributed by atoms with van der Waals surface area (Å²) in [5.74, 6) is 1.87. The van der Waals surface area contributed by atoms with Crippen LogP contribution in [0.1, 0.15) is 25.6 Å². The van der Waals surface area contributed by atoms with Crippen molar-refractivity contribution in [3.8, 4) is 0 Å². The number of anilines is 2. The Balaban J connectivity index is 2.37. The molecule has 1 aromatic rings. The quantitative estimate of drug-likeness (QED) is 0.630. The topological polar surface area (TPSA) is 84.1 Å². The molecule has 0 bridgehead atoms. The summed E-state index contributed by atoms with van der Waals surface area (Å²) in [6.45, 7) is 4.37. The van der Waals surface area contributed by atoms with E-state index in [1.165, 1.54) is 0 Å². The van der Waals surface area contributed by atoms with Crippen molar-refractivity contribution < 1.29 is 5.11 Å². The van der Waals surface area contributed by atoms with Crippen LogP contribution >= 0.6 is 0 Å². The Morgan fingerprint density at radius 3 is 2.87 bits per heavy atom. The second-order valence-corrected chi connectivity index (χ2v) is 3.64. The average Bonchev–Trinajstić information content (AvgIpc) is 2.10. The van der Waals surface area contributed by atoms with Crippen LogP contribution in [0.15, 0.2) is 6.07 Å². The molecule has 0 fully saturated rings.